The summed E-state index contributed by atoms with van der Waals surface area (Å²) in [5, 5.41) is 3.37. The molecule has 3 nitrogen and oxygen atoms in total. The van der Waals surface area contributed by atoms with Crippen LogP contribution in [0.5, 0.6) is 0 Å². The molecule has 0 radical (unpaired) electrons. The summed E-state index contributed by atoms with van der Waals surface area (Å²) >= 11 is 0. The number of hydrogen-bond acceptors (Lipinski definition) is 3. The number of hydrogen-bond donors (Lipinski definition) is 1. The van der Waals surface area contributed by atoms with E-state index in [4.69, 9.17) is 9.97 Å². The zero-order chi connectivity index (χ0) is 11.3. The van der Waals surface area contributed by atoms with Crippen molar-refractivity contribution in [3.05, 3.63) is 22.8 Å². The number of nitrogens with one attached hydrogen (secondary N) is 1. The van der Waals surface area contributed by atoms with Gasteiger partial charge >= 0.3 is 0 Å². The molecule has 1 aliphatic carbocycles. The molecular weight excluding hydrogens is 198 g/mol. The van der Waals surface area contributed by atoms with Gasteiger partial charge in [-0.05, 0) is 18.3 Å². The van der Waals surface area contributed by atoms with Gasteiger partial charge in [0.15, 0.2) is 0 Å². The average Bonchev–Trinajstić information content (AvgIpc) is 2.71. The van der Waals surface area contributed by atoms with Gasteiger partial charge in [-0.2, -0.15) is 0 Å². The molecule has 0 aromatic carbocycles. The highest BCUT2D eigenvalue weighted by Crippen LogP contribution is 2.57. The molecule has 2 aliphatic rings. The standard InChI is InChI=1S/C13H19N3/c1-4-10-8-6-14-7-11(8)16-12(15-10)9-5-13(9,2)3/h9,14H,4-7H2,1-3H3. The molecule has 0 saturated heterocycles. The topological polar surface area (TPSA) is 37.8 Å². The van der Waals surface area contributed by atoms with Gasteiger partial charge in [-0.3, -0.25) is 0 Å². The minimum absolute atomic E-state index is 0.422. The second kappa shape index (κ2) is 3.27. The summed E-state index contributed by atoms with van der Waals surface area (Å²) in [6.07, 6.45) is 2.26. The largest absolute Gasteiger partial charge is 0.307 e. The van der Waals surface area contributed by atoms with Crippen LogP contribution in [0.4, 0.5) is 0 Å². The Labute approximate surface area is 96.7 Å². The third kappa shape index (κ3) is 1.46. The van der Waals surface area contributed by atoms with Crippen molar-refractivity contribution in [2.75, 3.05) is 0 Å². The third-order valence-corrected chi connectivity index (χ3v) is 3.95. The highest BCUT2D eigenvalue weighted by molar-refractivity contribution is 5.31. The average molecular weight is 217 g/mol. The molecule has 1 saturated carbocycles. The van der Waals surface area contributed by atoms with Gasteiger partial charge in [-0.1, -0.05) is 20.8 Å². The molecule has 0 spiro atoms. The summed E-state index contributed by atoms with van der Waals surface area (Å²) in [6.45, 7) is 8.66. The van der Waals surface area contributed by atoms with Crippen LogP contribution in [0.15, 0.2) is 0 Å². The van der Waals surface area contributed by atoms with E-state index in [-0.39, 0.29) is 0 Å². The SMILES string of the molecule is CCc1nc(C2CC2(C)C)nc2c1CNC2. The van der Waals surface area contributed by atoms with Gasteiger partial charge in [0.25, 0.3) is 0 Å². The number of fused-ring (bicyclic) bond motifs is 1. The summed E-state index contributed by atoms with van der Waals surface area (Å²) < 4.78 is 0. The van der Waals surface area contributed by atoms with Crippen LogP contribution in [0.25, 0.3) is 0 Å². The zero-order valence-corrected chi connectivity index (χ0v) is 10.3. The van der Waals surface area contributed by atoms with Crippen molar-refractivity contribution in [1.82, 2.24) is 15.3 Å². The minimum Gasteiger partial charge on any atom is -0.307 e. The normalized spacial score (nSPS) is 25.6. The first-order valence-corrected chi connectivity index (χ1v) is 6.21. The van der Waals surface area contributed by atoms with Crippen LogP contribution in [0.2, 0.25) is 0 Å². The van der Waals surface area contributed by atoms with Gasteiger partial charge in [0.05, 0.1) is 5.69 Å². The Morgan fingerprint density at radius 1 is 1.31 bits per heavy atom. The monoisotopic (exact) mass is 217 g/mol. The van der Waals surface area contributed by atoms with E-state index in [9.17, 15) is 0 Å². The highest BCUT2D eigenvalue weighted by Gasteiger charge is 2.48. The maximum atomic E-state index is 4.77. The van der Waals surface area contributed by atoms with E-state index in [2.05, 4.69) is 26.1 Å². The Balaban J connectivity index is 2.02. The van der Waals surface area contributed by atoms with E-state index >= 15 is 0 Å². The van der Waals surface area contributed by atoms with Gasteiger partial charge in [0, 0.05) is 30.3 Å². The Morgan fingerprint density at radius 2 is 2.06 bits per heavy atom. The molecule has 86 valence electrons. The van der Waals surface area contributed by atoms with Crippen LogP contribution in [0, 0.1) is 5.41 Å². The van der Waals surface area contributed by atoms with E-state index in [0.29, 0.717) is 11.3 Å². The van der Waals surface area contributed by atoms with Crippen molar-refractivity contribution in [2.45, 2.75) is 52.6 Å². The van der Waals surface area contributed by atoms with E-state index < -0.39 is 0 Å². The highest BCUT2D eigenvalue weighted by atomic mass is 15.0. The number of nitrogens with zero attached hydrogens (tertiary/aromatic N) is 2. The molecule has 1 unspecified atom stereocenters. The van der Waals surface area contributed by atoms with Crippen LogP contribution in [-0.2, 0) is 19.5 Å². The lowest BCUT2D eigenvalue weighted by Gasteiger charge is -2.09. The number of aromatic nitrogens is 2. The molecule has 0 amide bonds. The second-order valence-electron chi connectivity index (χ2n) is 5.66. The van der Waals surface area contributed by atoms with Gasteiger partial charge in [0.1, 0.15) is 5.82 Å². The fraction of sp³-hybridized carbons (Fsp3) is 0.692. The van der Waals surface area contributed by atoms with Gasteiger partial charge in [0.2, 0.25) is 0 Å². The van der Waals surface area contributed by atoms with Crippen molar-refractivity contribution in [2.24, 2.45) is 5.41 Å². The van der Waals surface area contributed by atoms with Crippen molar-refractivity contribution < 1.29 is 0 Å². The smallest absolute Gasteiger partial charge is 0.132 e. The van der Waals surface area contributed by atoms with Crippen LogP contribution in [0.3, 0.4) is 0 Å². The van der Waals surface area contributed by atoms with Crippen molar-refractivity contribution >= 4 is 0 Å². The predicted octanol–water partition coefficient (Wildman–Crippen LogP) is 2.16. The van der Waals surface area contributed by atoms with Crippen molar-refractivity contribution in [3.63, 3.8) is 0 Å². The summed E-state index contributed by atoms with van der Waals surface area (Å²) in [6, 6.07) is 0. The van der Waals surface area contributed by atoms with Crippen LogP contribution >= 0.6 is 0 Å². The fourth-order valence-electron chi connectivity index (χ4n) is 2.62. The molecule has 1 N–H and O–H groups in total. The van der Waals surface area contributed by atoms with E-state index in [1.54, 1.807) is 0 Å². The maximum absolute atomic E-state index is 4.77. The Morgan fingerprint density at radius 3 is 2.69 bits per heavy atom. The van der Waals surface area contributed by atoms with Crippen LogP contribution < -0.4 is 5.32 Å². The molecule has 1 fully saturated rings. The third-order valence-electron chi connectivity index (χ3n) is 3.95. The van der Waals surface area contributed by atoms with Crippen LogP contribution in [0.1, 0.15) is 55.9 Å². The Hall–Kier alpha value is -0.960. The number of aryl methyl sites for hydroxylation is 1. The van der Waals surface area contributed by atoms with Crippen molar-refractivity contribution in [3.8, 4) is 0 Å². The second-order valence-corrected chi connectivity index (χ2v) is 5.66. The molecule has 2 heterocycles. The zero-order valence-electron chi connectivity index (χ0n) is 10.3. The Bertz CT molecular complexity index is 437. The molecule has 1 aromatic rings. The predicted molar refractivity (Wildman–Crippen MR) is 63.1 cm³/mol. The number of rotatable bonds is 2. The first-order valence-electron chi connectivity index (χ1n) is 6.21. The minimum atomic E-state index is 0.422. The Kier molecular flexibility index (Phi) is 2.08. The first-order chi connectivity index (χ1) is 7.62. The molecule has 1 atom stereocenters. The molecule has 3 heteroatoms. The lowest BCUT2D eigenvalue weighted by molar-refractivity contribution is 0.605. The van der Waals surface area contributed by atoms with Crippen molar-refractivity contribution in [1.29, 1.82) is 0 Å². The van der Waals surface area contributed by atoms with E-state index in [0.717, 1.165) is 25.3 Å². The van der Waals surface area contributed by atoms with Gasteiger partial charge in [-0.25, -0.2) is 9.97 Å². The van der Waals surface area contributed by atoms with E-state index in [1.165, 1.54) is 23.4 Å². The summed E-state index contributed by atoms with van der Waals surface area (Å²) in [5.74, 6) is 1.67. The molecule has 0 bridgehead atoms. The molecule has 3 rings (SSSR count). The summed E-state index contributed by atoms with van der Waals surface area (Å²) in [5.41, 5.74) is 4.27. The molecule has 1 aliphatic heterocycles. The van der Waals surface area contributed by atoms with Crippen LogP contribution in [-0.4, -0.2) is 9.97 Å². The molecular formula is C13H19N3. The summed E-state index contributed by atoms with van der Waals surface area (Å²) in [4.78, 5) is 9.52. The van der Waals surface area contributed by atoms with E-state index in [1.807, 2.05) is 0 Å². The van der Waals surface area contributed by atoms with Gasteiger partial charge in [-0.15, -0.1) is 0 Å². The fourth-order valence-corrected chi connectivity index (χ4v) is 2.62. The lowest BCUT2D eigenvalue weighted by atomic mass is 10.1. The molecule has 16 heavy (non-hydrogen) atoms. The lowest BCUT2D eigenvalue weighted by Crippen LogP contribution is -2.06. The van der Waals surface area contributed by atoms with Gasteiger partial charge < -0.3 is 5.32 Å². The quantitative estimate of drug-likeness (QED) is 0.825. The maximum Gasteiger partial charge on any atom is 0.132 e. The summed E-state index contributed by atoms with van der Waals surface area (Å²) in [7, 11) is 0. The first kappa shape index (κ1) is 10.2. The molecule has 1 aromatic heterocycles.